The molecule has 0 radical (unpaired) electrons. The van der Waals surface area contributed by atoms with Gasteiger partial charge in [0, 0.05) is 18.8 Å². The van der Waals surface area contributed by atoms with Crippen molar-refractivity contribution >= 4 is 5.69 Å². The third-order valence-electron chi connectivity index (χ3n) is 3.18. The van der Waals surface area contributed by atoms with Gasteiger partial charge in [0.1, 0.15) is 0 Å². The molecule has 0 atom stereocenters. The van der Waals surface area contributed by atoms with Crippen LogP contribution in [-0.2, 0) is 11.2 Å². The average molecular weight is 250 g/mol. The van der Waals surface area contributed by atoms with Gasteiger partial charge in [0.05, 0.1) is 6.61 Å². The maximum Gasteiger partial charge on any atom is 0.0593 e. The van der Waals surface area contributed by atoms with E-state index in [2.05, 4.69) is 24.0 Å². The Kier molecular flexibility index (Phi) is 7.46. The lowest BCUT2D eigenvalue weighted by Crippen LogP contribution is -2.28. The zero-order valence-corrected chi connectivity index (χ0v) is 11.7. The monoisotopic (exact) mass is 250 g/mol. The largest absolute Gasteiger partial charge is 0.399 e. The zero-order chi connectivity index (χ0) is 13.2. The molecule has 0 spiro atoms. The van der Waals surface area contributed by atoms with E-state index in [1.54, 1.807) is 0 Å². The van der Waals surface area contributed by atoms with Crippen LogP contribution < -0.4 is 5.73 Å². The number of hydrogen-bond acceptors (Lipinski definition) is 3. The van der Waals surface area contributed by atoms with Gasteiger partial charge in [-0.05, 0) is 44.5 Å². The number of ether oxygens (including phenoxy) is 1. The molecule has 0 fully saturated rings. The topological polar surface area (TPSA) is 38.5 Å². The van der Waals surface area contributed by atoms with Crippen LogP contribution in [0.15, 0.2) is 24.3 Å². The lowest BCUT2D eigenvalue weighted by molar-refractivity contribution is 0.115. The SMILES string of the molecule is CCOCCN(CC)CCCc1ccccc1N. The van der Waals surface area contributed by atoms with Gasteiger partial charge in [0.15, 0.2) is 0 Å². The van der Waals surface area contributed by atoms with Crippen molar-refractivity contribution < 1.29 is 4.74 Å². The lowest BCUT2D eigenvalue weighted by Gasteiger charge is -2.20. The van der Waals surface area contributed by atoms with Gasteiger partial charge in [-0.3, -0.25) is 0 Å². The van der Waals surface area contributed by atoms with Crippen LogP contribution in [0.1, 0.15) is 25.8 Å². The molecule has 3 nitrogen and oxygen atoms in total. The molecule has 0 heterocycles. The van der Waals surface area contributed by atoms with Crippen LogP contribution in [0, 0.1) is 0 Å². The summed E-state index contributed by atoms with van der Waals surface area (Å²) in [5.41, 5.74) is 8.11. The Balaban J connectivity index is 2.24. The van der Waals surface area contributed by atoms with Crippen molar-refractivity contribution in [3.05, 3.63) is 29.8 Å². The fourth-order valence-corrected chi connectivity index (χ4v) is 2.02. The van der Waals surface area contributed by atoms with Gasteiger partial charge in [-0.2, -0.15) is 0 Å². The van der Waals surface area contributed by atoms with Crippen LogP contribution in [0.2, 0.25) is 0 Å². The molecule has 0 aromatic heterocycles. The first-order chi connectivity index (χ1) is 8.77. The van der Waals surface area contributed by atoms with Crippen LogP contribution in [-0.4, -0.2) is 37.7 Å². The van der Waals surface area contributed by atoms with Crippen molar-refractivity contribution in [2.24, 2.45) is 0 Å². The summed E-state index contributed by atoms with van der Waals surface area (Å²) in [5.74, 6) is 0. The van der Waals surface area contributed by atoms with Crippen LogP contribution in [0.5, 0.6) is 0 Å². The highest BCUT2D eigenvalue weighted by molar-refractivity contribution is 5.46. The standard InChI is InChI=1S/C15H26N2O/c1-3-17(12-13-18-4-2)11-7-9-14-8-5-6-10-15(14)16/h5-6,8,10H,3-4,7,9,11-13,16H2,1-2H3. The quantitative estimate of drug-likeness (QED) is 0.541. The molecular formula is C15H26N2O. The number of likely N-dealkylation sites (N-methyl/N-ethyl adjacent to an activating group) is 1. The maximum absolute atomic E-state index is 5.93. The van der Waals surface area contributed by atoms with Gasteiger partial charge < -0.3 is 15.4 Å². The summed E-state index contributed by atoms with van der Waals surface area (Å²) in [4.78, 5) is 2.43. The molecule has 0 aliphatic heterocycles. The van der Waals surface area contributed by atoms with E-state index in [1.165, 1.54) is 5.56 Å². The van der Waals surface area contributed by atoms with E-state index in [4.69, 9.17) is 10.5 Å². The van der Waals surface area contributed by atoms with Crippen molar-refractivity contribution in [2.45, 2.75) is 26.7 Å². The lowest BCUT2D eigenvalue weighted by atomic mass is 10.1. The van der Waals surface area contributed by atoms with E-state index in [1.807, 2.05) is 19.1 Å². The summed E-state index contributed by atoms with van der Waals surface area (Å²) in [5, 5.41) is 0. The number of nitrogens with zero attached hydrogens (tertiary/aromatic N) is 1. The minimum atomic E-state index is 0.804. The third-order valence-corrected chi connectivity index (χ3v) is 3.18. The first-order valence-corrected chi connectivity index (χ1v) is 6.91. The summed E-state index contributed by atoms with van der Waals surface area (Å²) < 4.78 is 5.39. The summed E-state index contributed by atoms with van der Waals surface area (Å²) in [6.07, 6.45) is 2.20. The number of anilines is 1. The summed E-state index contributed by atoms with van der Waals surface area (Å²) in [6, 6.07) is 8.13. The highest BCUT2D eigenvalue weighted by Crippen LogP contribution is 2.12. The number of para-hydroxylation sites is 1. The van der Waals surface area contributed by atoms with E-state index < -0.39 is 0 Å². The van der Waals surface area contributed by atoms with E-state index >= 15 is 0 Å². The van der Waals surface area contributed by atoms with E-state index in [-0.39, 0.29) is 0 Å². The van der Waals surface area contributed by atoms with Crippen LogP contribution in [0.3, 0.4) is 0 Å². The minimum Gasteiger partial charge on any atom is -0.399 e. The summed E-state index contributed by atoms with van der Waals surface area (Å²) in [7, 11) is 0. The van der Waals surface area contributed by atoms with Gasteiger partial charge >= 0.3 is 0 Å². The minimum absolute atomic E-state index is 0.804. The molecule has 18 heavy (non-hydrogen) atoms. The van der Waals surface area contributed by atoms with E-state index in [0.717, 1.165) is 51.4 Å². The smallest absolute Gasteiger partial charge is 0.0593 e. The summed E-state index contributed by atoms with van der Waals surface area (Å²) in [6.45, 7) is 9.08. The highest BCUT2D eigenvalue weighted by atomic mass is 16.5. The van der Waals surface area contributed by atoms with Crippen molar-refractivity contribution in [2.75, 3.05) is 38.6 Å². The Labute approximate surface area is 111 Å². The van der Waals surface area contributed by atoms with Gasteiger partial charge in [0.2, 0.25) is 0 Å². The number of benzene rings is 1. The predicted molar refractivity (Wildman–Crippen MR) is 77.8 cm³/mol. The molecule has 0 aliphatic rings. The molecule has 1 rings (SSSR count). The summed E-state index contributed by atoms with van der Waals surface area (Å²) >= 11 is 0. The Bertz CT molecular complexity index is 328. The van der Waals surface area contributed by atoms with Gasteiger partial charge in [-0.1, -0.05) is 25.1 Å². The van der Waals surface area contributed by atoms with Crippen LogP contribution in [0.4, 0.5) is 5.69 Å². The molecule has 102 valence electrons. The molecule has 0 amide bonds. The molecule has 0 aliphatic carbocycles. The van der Waals surface area contributed by atoms with Gasteiger partial charge in [-0.25, -0.2) is 0 Å². The Morgan fingerprint density at radius 1 is 1.17 bits per heavy atom. The van der Waals surface area contributed by atoms with Gasteiger partial charge in [0.25, 0.3) is 0 Å². The molecule has 1 aromatic rings. The molecule has 2 N–H and O–H groups in total. The van der Waals surface area contributed by atoms with Crippen molar-refractivity contribution in [3.63, 3.8) is 0 Å². The Morgan fingerprint density at radius 3 is 2.61 bits per heavy atom. The number of hydrogen-bond donors (Lipinski definition) is 1. The first-order valence-electron chi connectivity index (χ1n) is 6.91. The second kappa shape index (κ2) is 8.95. The predicted octanol–water partition coefficient (Wildman–Crippen LogP) is 2.56. The van der Waals surface area contributed by atoms with Crippen LogP contribution in [0.25, 0.3) is 0 Å². The van der Waals surface area contributed by atoms with E-state index in [0.29, 0.717) is 0 Å². The normalized spacial score (nSPS) is 11.1. The number of nitrogens with two attached hydrogens (primary N) is 1. The molecular weight excluding hydrogens is 224 g/mol. The molecule has 3 heteroatoms. The molecule has 0 bridgehead atoms. The fraction of sp³-hybridized carbons (Fsp3) is 0.600. The van der Waals surface area contributed by atoms with Crippen molar-refractivity contribution in [1.29, 1.82) is 0 Å². The molecule has 0 saturated carbocycles. The fourth-order valence-electron chi connectivity index (χ4n) is 2.02. The van der Waals surface area contributed by atoms with Crippen LogP contribution >= 0.6 is 0 Å². The molecule has 0 saturated heterocycles. The van der Waals surface area contributed by atoms with Gasteiger partial charge in [-0.15, -0.1) is 0 Å². The average Bonchev–Trinajstić information content (AvgIpc) is 2.39. The second-order valence-corrected chi connectivity index (χ2v) is 4.43. The Hall–Kier alpha value is -1.06. The molecule has 0 unspecified atom stereocenters. The first kappa shape index (κ1) is 15.0. The molecule has 1 aromatic carbocycles. The number of aryl methyl sites for hydroxylation is 1. The van der Waals surface area contributed by atoms with E-state index in [9.17, 15) is 0 Å². The van der Waals surface area contributed by atoms with Crippen molar-refractivity contribution in [3.8, 4) is 0 Å². The third kappa shape index (κ3) is 5.52. The second-order valence-electron chi connectivity index (χ2n) is 4.43. The zero-order valence-electron chi connectivity index (χ0n) is 11.7. The van der Waals surface area contributed by atoms with Crippen molar-refractivity contribution in [1.82, 2.24) is 4.90 Å². The Morgan fingerprint density at radius 2 is 1.94 bits per heavy atom. The number of nitrogen functional groups attached to an aromatic ring is 1. The maximum atomic E-state index is 5.93. The number of rotatable bonds is 9. The highest BCUT2D eigenvalue weighted by Gasteiger charge is 2.03.